The molecule has 1 aliphatic carbocycles. The summed E-state index contributed by atoms with van der Waals surface area (Å²) in [4.78, 5) is 14.0. The van der Waals surface area contributed by atoms with Gasteiger partial charge in [0.15, 0.2) is 5.70 Å². The van der Waals surface area contributed by atoms with Crippen LogP contribution in [0.3, 0.4) is 0 Å². The van der Waals surface area contributed by atoms with Crippen LogP contribution in [0.25, 0.3) is 5.70 Å². The van der Waals surface area contributed by atoms with E-state index in [1.807, 2.05) is 12.1 Å². The Labute approximate surface area is 182 Å². The number of carbonyl (C=O) groups excluding carboxylic acids is 1. The summed E-state index contributed by atoms with van der Waals surface area (Å²) in [5.74, 6) is -0.358. The van der Waals surface area contributed by atoms with Gasteiger partial charge in [0.05, 0.1) is 19.4 Å². The zero-order chi connectivity index (χ0) is 21.8. The third-order valence-electron chi connectivity index (χ3n) is 5.79. The van der Waals surface area contributed by atoms with Crippen molar-refractivity contribution in [1.82, 2.24) is 15.5 Å². The molecule has 1 aliphatic heterocycles. The van der Waals surface area contributed by atoms with E-state index in [4.69, 9.17) is 10.5 Å². The molecule has 0 saturated heterocycles. The van der Waals surface area contributed by atoms with Gasteiger partial charge in [0, 0.05) is 25.3 Å². The van der Waals surface area contributed by atoms with Crippen LogP contribution in [0.1, 0.15) is 34.7 Å². The number of β-amino-alcohol motifs (C(OH)–C–C–N with tert-alkyl or cyclic N) is 1. The van der Waals surface area contributed by atoms with Gasteiger partial charge in [-0.3, -0.25) is 0 Å². The van der Waals surface area contributed by atoms with Crippen LogP contribution in [0.5, 0.6) is 0 Å². The first-order chi connectivity index (χ1) is 15.1. The Morgan fingerprint density at radius 1 is 1.29 bits per heavy atom. The van der Waals surface area contributed by atoms with E-state index < -0.39 is 5.97 Å². The summed E-state index contributed by atoms with van der Waals surface area (Å²) in [7, 11) is 1.31. The van der Waals surface area contributed by atoms with Gasteiger partial charge in [0.25, 0.3) is 0 Å². The first-order valence-corrected chi connectivity index (χ1v) is 10.5. The summed E-state index contributed by atoms with van der Waals surface area (Å²) >= 11 is 0. The van der Waals surface area contributed by atoms with Crippen LogP contribution in [-0.4, -0.2) is 36.2 Å². The lowest BCUT2D eigenvalue weighted by Gasteiger charge is -2.32. The van der Waals surface area contributed by atoms with Gasteiger partial charge in [-0.05, 0) is 41.2 Å². The molecule has 31 heavy (non-hydrogen) atoms. The average molecular weight is 421 g/mol. The molecule has 1 heterocycles. The second kappa shape index (κ2) is 9.24. The Morgan fingerprint density at radius 2 is 2.13 bits per heavy atom. The molecule has 2 aromatic carbocycles. The normalized spacial score (nSPS) is 17.8. The number of hydrogen-bond donors (Lipinski definition) is 4. The lowest BCUT2D eigenvalue weighted by atomic mass is 10.0. The van der Waals surface area contributed by atoms with Gasteiger partial charge < -0.3 is 31.1 Å². The molecule has 0 saturated carbocycles. The van der Waals surface area contributed by atoms with Gasteiger partial charge in [-0.25, -0.2) is 4.79 Å². The highest BCUT2D eigenvalue weighted by Gasteiger charge is 2.28. The van der Waals surface area contributed by atoms with Gasteiger partial charge >= 0.3 is 5.97 Å². The Bertz CT molecular complexity index is 1030. The zero-order valence-electron chi connectivity index (χ0n) is 17.6. The Balaban J connectivity index is 1.53. The number of benzene rings is 2. The van der Waals surface area contributed by atoms with Crippen molar-refractivity contribution < 1.29 is 14.6 Å². The minimum Gasteiger partial charge on any atom is -0.464 e. The van der Waals surface area contributed by atoms with E-state index in [2.05, 4.69) is 47.0 Å². The fraction of sp³-hybridized carbons (Fsp3) is 0.292. The lowest BCUT2D eigenvalue weighted by molar-refractivity contribution is -0.137. The molecule has 7 nitrogen and oxygen atoms in total. The summed E-state index contributed by atoms with van der Waals surface area (Å²) < 4.78 is 4.89. The van der Waals surface area contributed by atoms with E-state index in [9.17, 15) is 9.90 Å². The third-order valence-corrected chi connectivity index (χ3v) is 5.79. The first kappa shape index (κ1) is 21.0. The fourth-order valence-corrected chi connectivity index (χ4v) is 4.30. The molecule has 0 unspecified atom stereocenters. The van der Waals surface area contributed by atoms with Crippen LogP contribution < -0.4 is 16.4 Å². The Hall–Kier alpha value is -3.29. The van der Waals surface area contributed by atoms with Crippen molar-refractivity contribution in [3.8, 4) is 0 Å². The average Bonchev–Trinajstić information content (AvgIpc) is 3.21. The Morgan fingerprint density at radius 3 is 2.94 bits per heavy atom. The van der Waals surface area contributed by atoms with E-state index in [0.29, 0.717) is 6.04 Å². The predicted octanol–water partition coefficient (Wildman–Crippen LogP) is 1.96. The van der Waals surface area contributed by atoms with Crippen molar-refractivity contribution in [2.24, 2.45) is 5.73 Å². The second-order valence-corrected chi connectivity index (χ2v) is 7.67. The quantitative estimate of drug-likeness (QED) is 0.508. The predicted molar refractivity (Wildman–Crippen MR) is 119 cm³/mol. The number of esters is 1. The zero-order valence-corrected chi connectivity index (χ0v) is 17.6. The number of fused-ring (bicyclic) bond motifs is 1. The van der Waals surface area contributed by atoms with E-state index >= 15 is 0 Å². The monoisotopic (exact) mass is 420 g/mol. The van der Waals surface area contributed by atoms with Gasteiger partial charge in [0.1, 0.15) is 5.82 Å². The van der Waals surface area contributed by atoms with Gasteiger partial charge in [0.2, 0.25) is 0 Å². The molecular formula is C24H28N4O3. The largest absolute Gasteiger partial charge is 0.464 e. The number of rotatable bonds is 7. The van der Waals surface area contributed by atoms with Crippen molar-refractivity contribution >= 4 is 11.7 Å². The van der Waals surface area contributed by atoms with Crippen LogP contribution in [-0.2, 0) is 22.5 Å². The smallest absolute Gasteiger partial charge is 0.358 e. The van der Waals surface area contributed by atoms with Gasteiger partial charge in [-0.1, -0.05) is 42.5 Å². The number of nitrogens with zero attached hydrogens (tertiary/aromatic N) is 1. The van der Waals surface area contributed by atoms with Crippen LogP contribution in [0.4, 0.5) is 0 Å². The fourth-order valence-electron chi connectivity index (χ4n) is 4.30. The van der Waals surface area contributed by atoms with Crippen molar-refractivity contribution in [2.45, 2.75) is 25.4 Å². The summed E-state index contributed by atoms with van der Waals surface area (Å²) in [5.41, 5.74) is 11.8. The molecule has 0 aromatic heterocycles. The van der Waals surface area contributed by atoms with E-state index in [-0.39, 0.29) is 24.7 Å². The topological polar surface area (TPSA) is 99.8 Å². The lowest BCUT2D eigenvalue weighted by Crippen LogP contribution is -2.39. The molecule has 0 spiro atoms. The molecule has 1 atom stereocenters. The maximum atomic E-state index is 12.3. The molecule has 0 amide bonds. The highest BCUT2D eigenvalue weighted by atomic mass is 16.5. The van der Waals surface area contributed by atoms with Crippen LogP contribution in [0.2, 0.25) is 0 Å². The van der Waals surface area contributed by atoms with Crippen LogP contribution in [0.15, 0.2) is 66.2 Å². The molecular weight excluding hydrogens is 392 g/mol. The highest BCUT2D eigenvalue weighted by molar-refractivity contribution is 5.91. The van der Waals surface area contributed by atoms with E-state index in [1.54, 1.807) is 11.1 Å². The molecule has 0 radical (unpaired) electrons. The summed E-state index contributed by atoms with van der Waals surface area (Å²) in [6, 6.07) is 17.1. The number of aliphatic hydroxyl groups excluding tert-OH is 1. The maximum absolute atomic E-state index is 12.3. The summed E-state index contributed by atoms with van der Waals surface area (Å²) in [6.45, 7) is 0.822. The SMILES string of the molecule is COC(=O)C1=C(N)NC=C(c2cccc(CN[C@H]3CCc4ccccc43)c2)N1CCO. The van der Waals surface area contributed by atoms with Crippen molar-refractivity contribution in [1.29, 1.82) is 0 Å². The molecule has 7 heteroatoms. The first-order valence-electron chi connectivity index (χ1n) is 10.5. The molecule has 0 fully saturated rings. The summed E-state index contributed by atoms with van der Waals surface area (Å²) in [6.07, 6.45) is 3.95. The van der Waals surface area contributed by atoms with Crippen molar-refractivity contribution in [3.05, 3.63) is 88.5 Å². The van der Waals surface area contributed by atoms with E-state index in [0.717, 1.165) is 36.2 Å². The summed E-state index contributed by atoms with van der Waals surface area (Å²) in [5, 5.41) is 16.2. The minimum absolute atomic E-state index is 0.131. The number of methoxy groups -OCH3 is 1. The number of hydrogen-bond acceptors (Lipinski definition) is 7. The van der Waals surface area contributed by atoms with Crippen molar-refractivity contribution in [3.63, 3.8) is 0 Å². The van der Waals surface area contributed by atoms with Gasteiger partial charge in [-0.2, -0.15) is 0 Å². The molecule has 4 rings (SSSR count). The van der Waals surface area contributed by atoms with Crippen LogP contribution in [0, 0.1) is 0 Å². The molecule has 162 valence electrons. The van der Waals surface area contributed by atoms with Crippen LogP contribution >= 0.6 is 0 Å². The number of carbonyl (C=O) groups is 1. The highest BCUT2D eigenvalue weighted by Crippen LogP contribution is 2.31. The molecule has 2 aliphatic rings. The molecule has 2 aromatic rings. The van der Waals surface area contributed by atoms with Gasteiger partial charge in [-0.15, -0.1) is 0 Å². The number of aliphatic hydroxyl groups is 1. The maximum Gasteiger partial charge on any atom is 0.358 e. The number of aryl methyl sites for hydroxylation is 1. The molecule has 0 bridgehead atoms. The molecule has 5 N–H and O–H groups in total. The van der Waals surface area contributed by atoms with Crippen molar-refractivity contribution in [2.75, 3.05) is 20.3 Å². The number of nitrogens with one attached hydrogen (secondary N) is 2. The minimum atomic E-state index is -0.554. The third kappa shape index (κ3) is 4.28. The van der Waals surface area contributed by atoms with E-state index in [1.165, 1.54) is 18.2 Å². The standard InChI is InChI=1S/C24H28N4O3/c1-31-24(30)22-23(25)27-15-21(28(22)11-12-29)18-7-4-5-16(13-18)14-26-20-10-9-17-6-2-3-8-19(17)20/h2-8,13,15,20,26-27,29H,9-12,14,25H2,1H3/t20-/m0/s1. The number of ether oxygens (including phenoxy) is 1. The Kier molecular flexibility index (Phi) is 6.25. The number of nitrogens with two attached hydrogens (primary N) is 1. The second-order valence-electron chi connectivity index (χ2n) is 7.67.